The summed E-state index contributed by atoms with van der Waals surface area (Å²) in [6.07, 6.45) is 4.22. The summed E-state index contributed by atoms with van der Waals surface area (Å²) >= 11 is 0. The molecule has 0 N–H and O–H groups in total. The Labute approximate surface area is 170 Å². The average molecular weight is 422 g/mol. The minimum absolute atomic E-state index is 0. The van der Waals surface area contributed by atoms with Crippen LogP contribution in [0.25, 0.3) is 0 Å². The van der Waals surface area contributed by atoms with E-state index in [2.05, 4.69) is 15.0 Å². The van der Waals surface area contributed by atoms with E-state index in [-0.39, 0.29) is 34.2 Å². The fourth-order valence-corrected chi connectivity index (χ4v) is 1.45. The third kappa shape index (κ3) is 9.76. The van der Waals surface area contributed by atoms with Gasteiger partial charge in [-0.2, -0.15) is 0 Å². The van der Waals surface area contributed by atoms with Crippen molar-refractivity contribution in [3.05, 3.63) is 90.3 Å². The molecule has 0 saturated heterocycles. The summed E-state index contributed by atoms with van der Waals surface area (Å²) in [7, 11) is 0. The van der Waals surface area contributed by atoms with Gasteiger partial charge in [0.25, 0.3) is 0 Å². The molecule has 0 unspecified atom stereocenters. The predicted octanol–water partition coefficient (Wildman–Crippen LogP) is -1.67. The molecule has 0 spiro atoms. The molecule has 3 rings (SSSR count). The number of carboxylic acid groups (broad SMARTS) is 3. The molecule has 0 atom stereocenters. The molecule has 0 aliphatic heterocycles. The van der Waals surface area contributed by atoms with Crippen molar-refractivity contribution >= 4 is 17.9 Å². The predicted molar refractivity (Wildman–Crippen MR) is 85.7 cm³/mol. The number of pyridine rings is 3. The van der Waals surface area contributed by atoms with Gasteiger partial charge in [-0.25, -0.2) is 0 Å². The van der Waals surface area contributed by atoms with E-state index < -0.39 is 17.9 Å². The van der Waals surface area contributed by atoms with Crippen LogP contribution in [0, 0.1) is 0 Å². The molecule has 0 aliphatic rings. The third-order valence-corrected chi connectivity index (χ3v) is 2.62. The Morgan fingerprint density at radius 3 is 0.893 bits per heavy atom. The molecule has 3 aromatic rings. The SMILES string of the molecule is O=C([O-])c1ccccn1.O=C([O-])c1ccccn1.O=C([O-])c1ccccn1.[Fe+3]. The number of hydrogen-bond acceptors (Lipinski definition) is 9. The van der Waals surface area contributed by atoms with Crippen molar-refractivity contribution in [1.82, 2.24) is 15.0 Å². The second-order valence-electron chi connectivity index (χ2n) is 4.51. The van der Waals surface area contributed by atoms with Crippen LogP contribution >= 0.6 is 0 Å². The molecule has 28 heavy (non-hydrogen) atoms. The van der Waals surface area contributed by atoms with Crippen LogP contribution in [0.5, 0.6) is 0 Å². The van der Waals surface area contributed by atoms with E-state index in [1.807, 2.05) is 0 Å². The quantitative estimate of drug-likeness (QED) is 0.450. The summed E-state index contributed by atoms with van der Waals surface area (Å²) in [4.78, 5) is 40.6. The molecule has 10 heteroatoms. The van der Waals surface area contributed by atoms with E-state index >= 15 is 0 Å². The number of rotatable bonds is 3. The molecular formula is C18H12FeN3O6. The van der Waals surface area contributed by atoms with Crippen molar-refractivity contribution in [3.8, 4) is 0 Å². The summed E-state index contributed by atoms with van der Waals surface area (Å²) in [5, 5.41) is 30.1. The standard InChI is InChI=1S/3C6H5NO2.Fe/c3*8-6(9)5-3-1-2-4-7-5;/h3*1-4H,(H,8,9);/q;;;+3/p-3. The van der Waals surface area contributed by atoms with E-state index in [4.69, 9.17) is 0 Å². The van der Waals surface area contributed by atoms with E-state index in [9.17, 15) is 29.7 Å². The zero-order chi connectivity index (χ0) is 20.1. The van der Waals surface area contributed by atoms with Crippen molar-refractivity contribution in [1.29, 1.82) is 0 Å². The Kier molecular flexibility index (Phi) is 11.8. The van der Waals surface area contributed by atoms with Gasteiger partial charge >= 0.3 is 17.1 Å². The van der Waals surface area contributed by atoms with Crippen LogP contribution in [0.15, 0.2) is 73.2 Å². The maximum atomic E-state index is 10.0. The Balaban J connectivity index is 0.000000384. The number of carboxylic acids is 3. The van der Waals surface area contributed by atoms with Crippen LogP contribution in [0.4, 0.5) is 0 Å². The van der Waals surface area contributed by atoms with Gasteiger partial charge < -0.3 is 29.7 Å². The van der Waals surface area contributed by atoms with Crippen molar-refractivity contribution in [2.24, 2.45) is 0 Å². The zero-order valence-electron chi connectivity index (χ0n) is 14.1. The van der Waals surface area contributed by atoms with Gasteiger partial charge in [0.1, 0.15) is 0 Å². The van der Waals surface area contributed by atoms with Crippen LogP contribution < -0.4 is 15.3 Å². The first kappa shape index (κ1) is 24.4. The van der Waals surface area contributed by atoms with Gasteiger partial charge in [-0.15, -0.1) is 0 Å². The van der Waals surface area contributed by atoms with Gasteiger partial charge in [0.05, 0.1) is 35.0 Å². The topological polar surface area (TPSA) is 159 Å². The Morgan fingerprint density at radius 1 is 0.536 bits per heavy atom. The number of nitrogens with zero attached hydrogens (tertiary/aromatic N) is 3. The summed E-state index contributed by atoms with van der Waals surface area (Å²) in [5.74, 6) is -3.72. The molecule has 0 saturated carbocycles. The van der Waals surface area contributed by atoms with Gasteiger partial charge in [-0.3, -0.25) is 15.0 Å². The van der Waals surface area contributed by atoms with E-state index in [0.717, 1.165) is 0 Å². The van der Waals surface area contributed by atoms with Gasteiger partial charge in [-0.1, -0.05) is 18.2 Å². The Morgan fingerprint density at radius 2 is 0.786 bits per heavy atom. The first-order valence-electron chi connectivity index (χ1n) is 7.29. The average Bonchev–Trinajstić information content (AvgIpc) is 2.71. The van der Waals surface area contributed by atoms with Crippen molar-refractivity contribution in [2.45, 2.75) is 0 Å². The second-order valence-corrected chi connectivity index (χ2v) is 4.51. The van der Waals surface area contributed by atoms with Crippen LogP contribution in [-0.2, 0) is 17.1 Å². The minimum Gasteiger partial charge on any atom is -0.543 e. The van der Waals surface area contributed by atoms with E-state index in [0.29, 0.717) is 0 Å². The monoisotopic (exact) mass is 422 g/mol. The molecule has 3 heterocycles. The largest absolute Gasteiger partial charge is 3.00 e. The van der Waals surface area contributed by atoms with E-state index in [1.165, 1.54) is 36.8 Å². The number of carbonyl (C=O) groups is 3. The summed E-state index contributed by atoms with van der Waals surface area (Å²) in [6, 6.07) is 13.9. The van der Waals surface area contributed by atoms with Crippen molar-refractivity contribution in [3.63, 3.8) is 0 Å². The zero-order valence-corrected chi connectivity index (χ0v) is 15.2. The van der Waals surface area contributed by atoms with Gasteiger partial charge in [0, 0.05) is 18.6 Å². The summed E-state index contributed by atoms with van der Waals surface area (Å²) in [5.41, 5.74) is -0.0903. The minimum atomic E-state index is -1.24. The number of aromatic nitrogens is 3. The van der Waals surface area contributed by atoms with E-state index in [1.54, 1.807) is 36.4 Å². The normalized spacial score (nSPS) is 8.57. The molecule has 1 radical (unpaired) electrons. The molecule has 0 aromatic carbocycles. The fraction of sp³-hybridized carbons (Fsp3) is 0. The van der Waals surface area contributed by atoms with Crippen LogP contribution in [-0.4, -0.2) is 32.9 Å². The van der Waals surface area contributed by atoms with Gasteiger partial charge in [0.15, 0.2) is 0 Å². The molecule has 143 valence electrons. The number of carbonyl (C=O) groups excluding carboxylic acids is 3. The van der Waals surface area contributed by atoms with Crippen LogP contribution in [0.1, 0.15) is 31.5 Å². The number of hydrogen-bond donors (Lipinski definition) is 0. The summed E-state index contributed by atoms with van der Waals surface area (Å²) in [6.45, 7) is 0. The Bertz CT molecular complexity index is 747. The summed E-state index contributed by atoms with van der Waals surface area (Å²) < 4.78 is 0. The molecule has 0 bridgehead atoms. The van der Waals surface area contributed by atoms with Gasteiger partial charge in [-0.05, 0) is 36.4 Å². The van der Waals surface area contributed by atoms with Crippen LogP contribution in [0.2, 0.25) is 0 Å². The Hall–Kier alpha value is -3.62. The molecular weight excluding hydrogens is 410 g/mol. The smallest absolute Gasteiger partial charge is 0.543 e. The first-order chi connectivity index (χ1) is 12.9. The molecule has 0 aliphatic carbocycles. The first-order valence-corrected chi connectivity index (χ1v) is 7.29. The van der Waals surface area contributed by atoms with Crippen molar-refractivity contribution < 1.29 is 46.8 Å². The molecule has 0 amide bonds. The fourth-order valence-electron chi connectivity index (χ4n) is 1.45. The third-order valence-electron chi connectivity index (χ3n) is 2.62. The maximum absolute atomic E-state index is 10.0. The van der Waals surface area contributed by atoms with Crippen LogP contribution in [0.3, 0.4) is 0 Å². The van der Waals surface area contributed by atoms with Crippen molar-refractivity contribution in [2.75, 3.05) is 0 Å². The maximum Gasteiger partial charge on any atom is 3.00 e. The molecule has 0 fully saturated rings. The molecule has 3 aromatic heterocycles. The second kappa shape index (κ2) is 13.6. The molecule has 9 nitrogen and oxygen atoms in total. The number of aromatic carboxylic acids is 3. The van der Waals surface area contributed by atoms with Gasteiger partial charge in [0.2, 0.25) is 0 Å².